The molecular formula is C30H36ClN3O5S. The molecule has 214 valence electrons. The van der Waals surface area contributed by atoms with Gasteiger partial charge in [-0.3, -0.25) is 13.9 Å². The van der Waals surface area contributed by atoms with Crippen LogP contribution in [0, 0.1) is 0 Å². The molecule has 0 saturated heterocycles. The van der Waals surface area contributed by atoms with Crippen LogP contribution in [-0.4, -0.2) is 56.6 Å². The largest absolute Gasteiger partial charge is 0.495 e. The van der Waals surface area contributed by atoms with Gasteiger partial charge >= 0.3 is 0 Å². The molecule has 0 radical (unpaired) electrons. The second kappa shape index (κ2) is 13.2. The van der Waals surface area contributed by atoms with Crippen LogP contribution in [0.2, 0.25) is 5.02 Å². The van der Waals surface area contributed by atoms with E-state index >= 15 is 0 Å². The van der Waals surface area contributed by atoms with Crippen LogP contribution in [0.15, 0.2) is 78.9 Å². The first-order chi connectivity index (χ1) is 18.8. The van der Waals surface area contributed by atoms with Gasteiger partial charge in [0, 0.05) is 18.5 Å². The Morgan fingerprint density at radius 3 is 2.02 bits per heavy atom. The number of halogens is 1. The van der Waals surface area contributed by atoms with Gasteiger partial charge in [-0.15, -0.1) is 0 Å². The van der Waals surface area contributed by atoms with Crippen molar-refractivity contribution in [3.63, 3.8) is 0 Å². The van der Waals surface area contributed by atoms with E-state index in [1.54, 1.807) is 0 Å². The van der Waals surface area contributed by atoms with Crippen LogP contribution in [0.5, 0.6) is 5.75 Å². The highest BCUT2D eigenvalue weighted by Gasteiger charge is 2.34. The maximum Gasteiger partial charge on any atom is 0.244 e. The van der Waals surface area contributed by atoms with Crippen LogP contribution in [0.1, 0.15) is 31.9 Å². The van der Waals surface area contributed by atoms with E-state index in [1.165, 1.54) is 30.2 Å². The Kier molecular flexibility index (Phi) is 10.2. The Bertz CT molecular complexity index is 1410. The van der Waals surface area contributed by atoms with Gasteiger partial charge in [0.05, 0.1) is 24.1 Å². The number of methoxy groups -OCH3 is 1. The average molecular weight is 586 g/mol. The number of carbonyl (C=O) groups excluding carboxylic acids is 2. The summed E-state index contributed by atoms with van der Waals surface area (Å²) in [6.07, 6.45) is 1.27. The van der Waals surface area contributed by atoms with Crippen molar-refractivity contribution < 1.29 is 22.7 Å². The van der Waals surface area contributed by atoms with Gasteiger partial charge in [-0.2, -0.15) is 0 Å². The van der Waals surface area contributed by atoms with Gasteiger partial charge in [-0.1, -0.05) is 72.3 Å². The van der Waals surface area contributed by atoms with Crippen molar-refractivity contribution in [3.05, 3.63) is 95.0 Å². The third-order valence-electron chi connectivity index (χ3n) is 6.07. The topological polar surface area (TPSA) is 96.0 Å². The maximum absolute atomic E-state index is 14.1. The molecule has 3 rings (SSSR count). The molecule has 1 unspecified atom stereocenters. The lowest BCUT2D eigenvalue weighted by Crippen LogP contribution is -2.56. The van der Waals surface area contributed by atoms with Gasteiger partial charge in [0.2, 0.25) is 21.8 Å². The summed E-state index contributed by atoms with van der Waals surface area (Å²) in [4.78, 5) is 29.2. The lowest BCUT2D eigenvalue weighted by molar-refractivity contribution is -0.140. The standard InChI is InChI=1S/C30H36ClN3O5S/c1-30(2,3)32-29(36)26(18-22-12-8-6-9-13-22)33(20-23-14-10-7-11-15-23)28(35)21-34(40(5,37)38)24-16-17-27(39-4)25(31)19-24/h6-17,19,26H,18,20-21H2,1-5H3,(H,32,36). The first kappa shape index (κ1) is 31.0. The number of rotatable bonds is 11. The van der Waals surface area contributed by atoms with Crippen LogP contribution < -0.4 is 14.4 Å². The van der Waals surface area contributed by atoms with Crippen molar-refractivity contribution in [1.29, 1.82) is 0 Å². The number of nitrogens with zero attached hydrogens (tertiary/aromatic N) is 2. The fourth-order valence-electron chi connectivity index (χ4n) is 4.21. The van der Waals surface area contributed by atoms with Gasteiger partial charge in [0.25, 0.3) is 0 Å². The van der Waals surface area contributed by atoms with Gasteiger partial charge in [0.15, 0.2) is 0 Å². The first-order valence-corrected chi connectivity index (χ1v) is 15.0. The van der Waals surface area contributed by atoms with E-state index in [2.05, 4.69) is 5.32 Å². The Labute approximate surface area is 241 Å². The molecule has 10 heteroatoms. The lowest BCUT2D eigenvalue weighted by Gasteiger charge is -2.35. The third-order valence-corrected chi connectivity index (χ3v) is 7.50. The molecule has 0 aliphatic carbocycles. The van der Waals surface area contributed by atoms with Gasteiger partial charge in [0.1, 0.15) is 18.3 Å². The molecule has 2 amide bonds. The summed E-state index contributed by atoms with van der Waals surface area (Å²) in [6, 6.07) is 22.3. The first-order valence-electron chi connectivity index (χ1n) is 12.8. The van der Waals surface area contributed by atoms with Crippen LogP contribution in [0.3, 0.4) is 0 Å². The van der Waals surface area contributed by atoms with Crippen molar-refractivity contribution in [3.8, 4) is 5.75 Å². The van der Waals surface area contributed by atoms with E-state index in [0.29, 0.717) is 5.75 Å². The lowest BCUT2D eigenvalue weighted by atomic mass is 10.0. The highest BCUT2D eigenvalue weighted by Crippen LogP contribution is 2.30. The highest BCUT2D eigenvalue weighted by molar-refractivity contribution is 7.92. The molecule has 3 aromatic rings. The SMILES string of the molecule is COc1ccc(N(CC(=O)N(Cc2ccccc2)C(Cc2ccccc2)C(=O)NC(C)(C)C)S(C)(=O)=O)cc1Cl. The predicted octanol–water partition coefficient (Wildman–Crippen LogP) is 4.67. The van der Waals surface area contributed by atoms with Crippen LogP contribution >= 0.6 is 11.6 Å². The van der Waals surface area contributed by atoms with Crippen LogP contribution in [0.4, 0.5) is 5.69 Å². The second-order valence-corrected chi connectivity index (χ2v) is 12.9. The smallest absolute Gasteiger partial charge is 0.244 e. The third kappa shape index (κ3) is 8.72. The van der Waals surface area contributed by atoms with Gasteiger partial charge < -0.3 is 15.0 Å². The number of amides is 2. The summed E-state index contributed by atoms with van der Waals surface area (Å²) in [6.45, 7) is 5.18. The zero-order chi connectivity index (χ0) is 29.5. The number of anilines is 1. The number of hydrogen-bond donors (Lipinski definition) is 1. The van der Waals surface area contributed by atoms with E-state index in [1.807, 2.05) is 81.4 Å². The normalized spacial score (nSPS) is 12.3. The van der Waals surface area contributed by atoms with Crippen molar-refractivity contribution >= 4 is 39.1 Å². The Hall–Kier alpha value is -3.56. The molecule has 8 nitrogen and oxygen atoms in total. The van der Waals surface area contributed by atoms with Crippen LogP contribution in [0.25, 0.3) is 0 Å². The van der Waals surface area contributed by atoms with Gasteiger partial charge in [-0.05, 0) is 50.1 Å². The quantitative estimate of drug-likeness (QED) is 0.353. The summed E-state index contributed by atoms with van der Waals surface area (Å²) < 4.78 is 32.0. The van der Waals surface area contributed by atoms with Crippen molar-refractivity contribution in [2.75, 3.05) is 24.2 Å². The molecule has 40 heavy (non-hydrogen) atoms. The predicted molar refractivity (Wildman–Crippen MR) is 159 cm³/mol. The summed E-state index contributed by atoms with van der Waals surface area (Å²) >= 11 is 6.28. The molecule has 0 bridgehead atoms. The number of carbonyl (C=O) groups is 2. The Balaban J connectivity index is 2.06. The van der Waals surface area contributed by atoms with E-state index in [0.717, 1.165) is 21.7 Å². The molecule has 0 heterocycles. The molecule has 1 N–H and O–H groups in total. The van der Waals surface area contributed by atoms with E-state index < -0.39 is 34.1 Å². The minimum atomic E-state index is -3.90. The zero-order valence-electron chi connectivity index (χ0n) is 23.4. The van der Waals surface area contributed by atoms with Crippen molar-refractivity contribution in [2.24, 2.45) is 0 Å². The molecule has 0 aliphatic heterocycles. The zero-order valence-corrected chi connectivity index (χ0v) is 25.0. The fraction of sp³-hybridized carbons (Fsp3) is 0.333. The maximum atomic E-state index is 14.1. The molecule has 0 fully saturated rings. The monoisotopic (exact) mass is 585 g/mol. The van der Waals surface area contributed by atoms with E-state index in [4.69, 9.17) is 16.3 Å². The number of benzene rings is 3. The molecule has 1 atom stereocenters. The highest BCUT2D eigenvalue weighted by atomic mass is 35.5. The van der Waals surface area contributed by atoms with Gasteiger partial charge in [-0.25, -0.2) is 8.42 Å². The van der Waals surface area contributed by atoms with Crippen molar-refractivity contribution in [1.82, 2.24) is 10.2 Å². The second-order valence-electron chi connectivity index (χ2n) is 10.5. The minimum Gasteiger partial charge on any atom is -0.495 e. The summed E-state index contributed by atoms with van der Waals surface area (Å²) in [5.74, 6) is -0.497. The van der Waals surface area contributed by atoms with E-state index in [-0.39, 0.29) is 29.6 Å². The Morgan fingerprint density at radius 2 is 1.52 bits per heavy atom. The molecule has 0 saturated carbocycles. The number of ether oxygens (including phenoxy) is 1. The summed E-state index contributed by atoms with van der Waals surface area (Å²) in [5, 5.41) is 3.20. The number of hydrogen-bond acceptors (Lipinski definition) is 5. The number of sulfonamides is 1. The van der Waals surface area contributed by atoms with Crippen molar-refractivity contribution in [2.45, 2.75) is 45.3 Å². The fourth-order valence-corrected chi connectivity index (χ4v) is 5.30. The molecule has 0 aliphatic rings. The summed E-state index contributed by atoms with van der Waals surface area (Å²) in [5.41, 5.74) is 1.33. The van der Waals surface area contributed by atoms with Crippen LogP contribution in [-0.2, 0) is 32.6 Å². The molecule has 0 aromatic heterocycles. The molecule has 0 spiro atoms. The molecular weight excluding hydrogens is 550 g/mol. The summed E-state index contributed by atoms with van der Waals surface area (Å²) in [7, 11) is -2.45. The van der Waals surface area contributed by atoms with E-state index in [9.17, 15) is 18.0 Å². The molecule has 3 aromatic carbocycles. The Morgan fingerprint density at radius 1 is 0.950 bits per heavy atom. The number of nitrogens with one attached hydrogen (secondary N) is 1. The minimum absolute atomic E-state index is 0.107. The average Bonchev–Trinajstić information content (AvgIpc) is 2.88.